The summed E-state index contributed by atoms with van der Waals surface area (Å²) in [5.74, 6) is 0. The van der Waals surface area contributed by atoms with Gasteiger partial charge in [0.1, 0.15) is 0 Å². The summed E-state index contributed by atoms with van der Waals surface area (Å²) in [5.41, 5.74) is 1.10. The van der Waals surface area contributed by atoms with Crippen LogP contribution in [0.25, 0.3) is 0 Å². The smallest absolute Gasteiger partial charge is 0.0931 e. The zero-order valence-electron chi connectivity index (χ0n) is 9.63. The number of ether oxygens (including phenoxy) is 2. The first-order valence-corrected chi connectivity index (χ1v) is 5.61. The van der Waals surface area contributed by atoms with Gasteiger partial charge >= 0.3 is 0 Å². The summed E-state index contributed by atoms with van der Waals surface area (Å²) in [7, 11) is 1.73. The van der Waals surface area contributed by atoms with Gasteiger partial charge in [-0.2, -0.15) is 0 Å². The van der Waals surface area contributed by atoms with E-state index in [1.807, 2.05) is 24.4 Å². The van der Waals surface area contributed by atoms with Gasteiger partial charge in [0.2, 0.25) is 0 Å². The van der Waals surface area contributed by atoms with Crippen LogP contribution in [0, 0.1) is 0 Å². The molecule has 1 aromatic heterocycles. The molecule has 0 unspecified atom stereocenters. The van der Waals surface area contributed by atoms with Gasteiger partial charge in [0.05, 0.1) is 25.0 Å². The van der Waals surface area contributed by atoms with Crippen LogP contribution < -0.4 is 0 Å². The van der Waals surface area contributed by atoms with Gasteiger partial charge in [0.15, 0.2) is 0 Å². The molecule has 0 N–H and O–H groups in total. The van der Waals surface area contributed by atoms with Crippen molar-refractivity contribution in [1.82, 2.24) is 9.88 Å². The Labute approximate surface area is 96.2 Å². The normalized spacial score (nSPS) is 22.9. The minimum absolute atomic E-state index is 0.172. The van der Waals surface area contributed by atoms with E-state index in [1.165, 1.54) is 0 Å². The molecule has 1 saturated heterocycles. The van der Waals surface area contributed by atoms with Crippen LogP contribution in [0.1, 0.15) is 5.69 Å². The molecule has 4 nitrogen and oxygen atoms in total. The lowest BCUT2D eigenvalue weighted by Crippen LogP contribution is -2.33. The second-order valence-electron chi connectivity index (χ2n) is 3.99. The van der Waals surface area contributed by atoms with E-state index in [1.54, 1.807) is 7.11 Å². The highest BCUT2D eigenvalue weighted by molar-refractivity contribution is 5.03. The molecular formula is C12H18N2O2. The highest BCUT2D eigenvalue weighted by Crippen LogP contribution is 2.07. The average Bonchev–Trinajstić information content (AvgIpc) is 2.55. The first kappa shape index (κ1) is 11.5. The van der Waals surface area contributed by atoms with Gasteiger partial charge in [-0.1, -0.05) is 6.07 Å². The van der Waals surface area contributed by atoms with Crippen molar-refractivity contribution in [2.45, 2.75) is 12.6 Å². The van der Waals surface area contributed by atoms with Gasteiger partial charge < -0.3 is 9.47 Å². The maximum atomic E-state index is 5.48. The SMILES string of the molecule is CO[C@H]1COCCN(Cc2ccccn2)C1. The van der Waals surface area contributed by atoms with Crippen molar-refractivity contribution in [2.75, 3.05) is 33.4 Å². The Balaban J connectivity index is 1.93. The highest BCUT2D eigenvalue weighted by atomic mass is 16.5. The predicted octanol–water partition coefficient (Wildman–Crippen LogP) is 0.929. The van der Waals surface area contributed by atoms with Crippen LogP contribution in [-0.4, -0.2) is 49.4 Å². The topological polar surface area (TPSA) is 34.6 Å². The van der Waals surface area contributed by atoms with Gasteiger partial charge in [0.25, 0.3) is 0 Å². The molecule has 4 heteroatoms. The molecule has 0 aromatic carbocycles. The lowest BCUT2D eigenvalue weighted by Gasteiger charge is -2.21. The van der Waals surface area contributed by atoms with Gasteiger partial charge in [-0.25, -0.2) is 0 Å². The summed E-state index contributed by atoms with van der Waals surface area (Å²) < 4.78 is 10.8. The summed E-state index contributed by atoms with van der Waals surface area (Å²) in [4.78, 5) is 6.65. The van der Waals surface area contributed by atoms with E-state index in [0.29, 0.717) is 6.61 Å². The number of methoxy groups -OCH3 is 1. The quantitative estimate of drug-likeness (QED) is 0.762. The van der Waals surface area contributed by atoms with Crippen LogP contribution in [0.4, 0.5) is 0 Å². The van der Waals surface area contributed by atoms with Crippen molar-refractivity contribution in [3.8, 4) is 0 Å². The second kappa shape index (κ2) is 5.94. The second-order valence-corrected chi connectivity index (χ2v) is 3.99. The maximum absolute atomic E-state index is 5.48. The van der Waals surface area contributed by atoms with E-state index in [9.17, 15) is 0 Å². The van der Waals surface area contributed by atoms with Crippen LogP contribution in [0.3, 0.4) is 0 Å². The molecule has 0 bridgehead atoms. The van der Waals surface area contributed by atoms with E-state index < -0.39 is 0 Å². The van der Waals surface area contributed by atoms with Crippen molar-refractivity contribution >= 4 is 0 Å². The zero-order valence-corrected chi connectivity index (χ0v) is 9.63. The molecule has 0 saturated carbocycles. The molecule has 2 rings (SSSR count). The molecule has 0 spiro atoms. The molecule has 2 heterocycles. The van der Waals surface area contributed by atoms with Crippen LogP contribution >= 0.6 is 0 Å². The Hall–Kier alpha value is -0.970. The fourth-order valence-corrected chi connectivity index (χ4v) is 1.85. The molecule has 0 radical (unpaired) electrons. The average molecular weight is 222 g/mol. The zero-order chi connectivity index (χ0) is 11.2. The van der Waals surface area contributed by atoms with Crippen LogP contribution in [-0.2, 0) is 16.0 Å². The molecule has 1 atom stereocenters. The number of aromatic nitrogens is 1. The number of pyridine rings is 1. The molecule has 1 fully saturated rings. The van der Waals surface area contributed by atoms with Crippen molar-refractivity contribution in [3.05, 3.63) is 30.1 Å². The minimum Gasteiger partial charge on any atom is -0.378 e. The monoisotopic (exact) mass is 222 g/mol. The summed E-state index contributed by atoms with van der Waals surface area (Å²) in [6, 6.07) is 6.00. The number of rotatable bonds is 3. The predicted molar refractivity (Wildman–Crippen MR) is 61.1 cm³/mol. The largest absolute Gasteiger partial charge is 0.378 e. The van der Waals surface area contributed by atoms with Crippen molar-refractivity contribution < 1.29 is 9.47 Å². The highest BCUT2D eigenvalue weighted by Gasteiger charge is 2.18. The molecule has 1 aliphatic heterocycles. The number of nitrogens with zero attached hydrogens (tertiary/aromatic N) is 2. The first-order chi connectivity index (χ1) is 7.88. The summed E-state index contributed by atoms with van der Waals surface area (Å²) in [6.07, 6.45) is 2.00. The van der Waals surface area contributed by atoms with Crippen molar-refractivity contribution in [3.63, 3.8) is 0 Å². The third-order valence-electron chi connectivity index (χ3n) is 2.76. The molecule has 1 aromatic rings. The molecule has 16 heavy (non-hydrogen) atoms. The van der Waals surface area contributed by atoms with Gasteiger partial charge in [-0.3, -0.25) is 9.88 Å². The fraction of sp³-hybridized carbons (Fsp3) is 0.583. The minimum atomic E-state index is 0.172. The molecule has 88 valence electrons. The van der Waals surface area contributed by atoms with Crippen LogP contribution in [0.5, 0.6) is 0 Å². The Morgan fingerprint density at radius 1 is 1.56 bits per heavy atom. The van der Waals surface area contributed by atoms with E-state index in [0.717, 1.165) is 31.9 Å². The fourth-order valence-electron chi connectivity index (χ4n) is 1.85. The Morgan fingerprint density at radius 2 is 2.50 bits per heavy atom. The molecule has 0 aliphatic carbocycles. The third kappa shape index (κ3) is 3.27. The van der Waals surface area contributed by atoms with Gasteiger partial charge in [0, 0.05) is 32.9 Å². The summed E-state index contributed by atoms with van der Waals surface area (Å²) in [6.45, 7) is 4.18. The van der Waals surface area contributed by atoms with E-state index in [4.69, 9.17) is 9.47 Å². The maximum Gasteiger partial charge on any atom is 0.0931 e. The number of hydrogen-bond donors (Lipinski definition) is 0. The van der Waals surface area contributed by atoms with Crippen molar-refractivity contribution in [2.24, 2.45) is 0 Å². The van der Waals surface area contributed by atoms with Crippen molar-refractivity contribution in [1.29, 1.82) is 0 Å². The lowest BCUT2D eigenvalue weighted by molar-refractivity contribution is 0.0225. The van der Waals surface area contributed by atoms with Crippen LogP contribution in [0.2, 0.25) is 0 Å². The lowest BCUT2D eigenvalue weighted by atomic mass is 10.3. The molecule has 0 amide bonds. The third-order valence-corrected chi connectivity index (χ3v) is 2.76. The first-order valence-electron chi connectivity index (χ1n) is 5.61. The van der Waals surface area contributed by atoms with E-state index in [2.05, 4.69) is 9.88 Å². The Morgan fingerprint density at radius 3 is 3.25 bits per heavy atom. The Kier molecular flexibility index (Phi) is 4.27. The summed E-state index contributed by atoms with van der Waals surface area (Å²) in [5, 5.41) is 0. The molecular weight excluding hydrogens is 204 g/mol. The number of hydrogen-bond acceptors (Lipinski definition) is 4. The summed E-state index contributed by atoms with van der Waals surface area (Å²) >= 11 is 0. The van der Waals surface area contributed by atoms with Gasteiger partial charge in [-0.15, -0.1) is 0 Å². The van der Waals surface area contributed by atoms with E-state index in [-0.39, 0.29) is 6.10 Å². The van der Waals surface area contributed by atoms with Gasteiger partial charge in [-0.05, 0) is 12.1 Å². The molecule has 1 aliphatic rings. The standard InChI is InChI=1S/C12H18N2O2/c1-15-12-9-14(6-7-16-10-12)8-11-4-2-3-5-13-11/h2-5,12H,6-10H2,1H3/t12-/m1/s1. The van der Waals surface area contributed by atoms with Crippen LogP contribution in [0.15, 0.2) is 24.4 Å². The van der Waals surface area contributed by atoms with E-state index >= 15 is 0 Å². The Bertz CT molecular complexity index is 305.